The number of allylic oxidation sites excluding steroid dienone is 2. The molecule has 0 saturated heterocycles. The van der Waals surface area contributed by atoms with Crippen molar-refractivity contribution in [2.45, 2.75) is 78.4 Å². The topological polar surface area (TPSA) is 62.5 Å². The Balaban J connectivity index is 2.16. The van der Waals surface area contributed by atoms with E-state index in [1.807, 2.05) is 46.8 Å². The van der Waals surface area contributed by atoms with Crippen LogP contribution in [0.15, 0.2) is 30.4 Å². The number of esters is 1. The van der Waals surface area contributed by atoms with Crippen LogP contribution >= 0.6 is 0 Å². The Morgan fingerprint density at radius 2 is 2.00 bits per heavy atom. The van der Waals surface area contributed by atoms with Crippen LogP contribution in [0.1, 0.15) is 81.4 Å². The monoisotopic (exact) mass is 411 g/mol. The SMILES string of the molecule is CCOC(=O)C(OC(C)(C)C)c1cc2cc(C3C=CCCC3)c(C)[n+]([O-])c2cc1C. The number of carbonyl (C=O) groups excluding carboxylic acids is 1. The predicted octanol–water partition coefficient (Wildman–Crippen LogP) is 5.33. The minimum atomic E-state index is -0.839. The fraction of sp³-hybridized carbons (Fsp3) is 0.520. The van der Waals surface area contributed by atoms with Crippen LogP contribution in [0.3, 0.4) is 0 Å². The molecule has 0 aliphatic heterocycles. The van der Waals surface area contributed by atoms with Gasteiger partial charge in [-0.15, -0.1) is 0 Å². The number of hydrogen-bond donors (Lipinski definition) is 0. The van der Waals surface area contributed by atoms with Crippen LogP contribution in [0.5, 0.6) is 0 Å². The van der Waals surface area contributed by atoms with Crippen molar-refractivity contribution in [2.75, 3.05) is 6.61 Å². The lowest BCUT2D eigenvalue weighted by atomic mass is 9.87. The number of ether oxygens (including phenoxy) is 2. The molecular formula is C25H33NO4. The van der Waals surface area contributed by atoms with Gasteiger partial charge in [0.25, 0.3) is 0 Å². The molecule has 1 aliphatic rings. The minimum Gasteiger partial charge on any atom is -0.618 e. The van der Waals surface area contributed by atoms with Crippen molar-refractivity contribution in [2.24, 2.45) is 0 Å². The van der Waals surface area contributed by atoms with E-state index in [9.17, 15) is 10.0 Å². The second-order valence-electron chi connectivity index (χ2n) is 9.07. The highest BCUT2D eigenvalue weighted by Gasteiger charge is 2.31. The quantitative estimate of drug-likeness (QED) is 0.289. The molecule has 3 rings (SSSR count). The second kappa shape index (κ2) is 8.76. The van der Waals surface area contributed by atoms with Crippen LogP contribution in [-0.4, -0.2) is 18.2 Å². The van der Waals surface area contributed by atoms with E-state index in [-0.39, 0.29) is 12.5 Å². The molecule has 30 heavy (non-hydrogen) atoms. The standard InChI is InChI=1S/C25H33NO4/c1-7-29-24(27)23(30-25(4,5)6)20-14-19-15-21(18-11-9-8-10-12-18)17(3)26(28)22(19)13-16(20)2/h9,11,13-15,18,23H,7-8,10,12H2,1-6H3. The normalized spacial score (nSPS) is 17.9. The largest absolute Gasteiger partial charge is 0.618 e. The van der Waals surface area contributed by atoms with Crippen molar-refractivity contribution < 1.29 is 19.0 Å². The number of aryl methyl sites for hydroxylation is 1. The number of carbonyl (C=O) groups is 1. The Kier molecular flexibility index (Phi) is 6.51. The molecule has 0 radical (unpaired) electrons. The lowest BCUT2D eigenvalue weighted by Gasteiger charge is -2.27. The molecule has 0 bridgehead atoms. The third kappa shape index (κ3) is 4.67. The van der Waals surface area contributed by atoms with Crippen molar-refractivity contribution in [3.05, 3.63) is 57.9 Å². The minimum absolute atomic E-state index is 0.250. The van der Waals surface area contributed by atoms with Crippen LogP contribution < -0.4 is 4.73 Å². The molecule has 162 valence electrons. The molecular weight excluding hydrogens is 378 g/mol. The zero-order valence-corrected chi connectivity index (χ0v) is 19.0. The summed E-state index contributed by atoms with van der Waals surface area (Å²) < 4.78 is 12.4. The molecule has 0 spiro atoms. The van der Waals surface area contributed by atoms with Gasteiger partial charge >= 0.3 is 5.97 Å². The van der Waals surface area contributed by atoms with E-state index in [0.29, 0.717) is 5.52 Å². The Morgan fingerprint density at radius 3 is 2.60 bits per heavy atom. The van der Waals surface area contributed by atoms with Gasteiger partial charge in [-0.05, 0) is 77.1 Å². The Labute approximate surface area is 179 Å². The zero-order chi connectivity index (χ0) is 22.1. The zero-order valence-electron chi connectivity index (χ0n) is 19.0. The molecule has 0 N–H and O–H groups in total. The molecule has 0 amide bonds. The fourth-order valence-corrected chi connectivity index (χ4v) is 4.13. The number of hydrogen-bond acceptors (Lipinski definition) is 4. The maximum absolute atomic E-state index is 13.1. The van der Waals surface area contributed by atoms with Gasteiger partial charge in [0, 0.05) is 29.9 Å². The first-order valence-corrected chi connectivity index (χ1v) is 10.8. The number of rotatable bonds is 5. The van der Waals surface area contributed by atoms with Crippen LogP contribution in [0.4, 0.5) is 0 Å². The average molecular weight is 412 g/mol. The first-order valence-electron chi connectivity index (χ1n) is 10.8. The van der Waals surface area contributed by atoms with Gasteiger partial charge in [-0.3, -0.25) is 0 Å². The summed E-state index contributed by atoms with van der Waals surface area (Å²) >= 11 is 0. The van der Waals surface area contributed by atoms with E-state index in [1.165, 1.54) is 0 Å². The summed E-state index contributed by atoms with van der Waals surface area (Å²) in [5.41, 5.74) is 3.44. The van der Waals surface area contributed by atoms with Crippen molar-refractivity contribution in [1.29, 1.82) is 0 Å². The van der Waals surface area contributed by atoms with E-state index in [2.05, 4.69) is 18.2 Å². The first-order chi connectivity index (χ1) is 14.1. The second-order valence-corrected chi connectivity index (χ2v) is 9.07. The average Bonchev–Trinajstić information content (AvgIpc) is 2.69. The third-order valence-electron chi connectivity index (χ3n) is 5.58. The van der Waals surface area contributed by atoms with Gasteiger partial charge in [0.1, 0.15) is 0 Å². The van der Waals surface area contributed by atoms with Crippen molar-refractivity contribution >= 4 is 16.9 Å². The summed E-state index contributed by atoms with van der Waals surface area (Å²) in [6.07, 6.45) is 6.82. The maximum atomic E-state index is 13.1. The summed E-state index contributed by atoms with van der Waals surface area (Å²) in [7, 11) is 0. The van der Waals surface area contributed by atoms with Gasteiger partial charge in [0.15, 0.2) is 11.8 Å². The van der Waals surface area contributed by atoms with Gasteiger partial charge in [-0.25, -0.2) is 4.79 Å². The molecule has 0 saturated carbocycles. The lowest BCUT2D eigenvalue weighted by molar-refractivity contribution is -0.584. The van der Waals surface area contributed by atoms with Gasteiger partial charge in [-0.1, -0.05) is 12.2 Å². The van der Waals surface area contributed by atoms with Crippen LogP contribution in [0.2, 0.25) is 0 Å². The van der Waals surface area contributed by atoms with E-state index < -0.39 is 17.7 Å². The highest BCUT2D eigenvalue weighted by Crippen LogP contribution is 2.34. The van der Waals surface area contributed by atoms with Gasteiger partial charge in [-0.2, -0.15) is 4.73 Å². The smallest absolute Gasteiger partial charge is 0.339 e. The molecule has 1 aromatic heterocycles. The van der Waals surface area contributed by atoms with Crippen LogP contribution in [-0.2, 0) is 14.3 Å². The van der Waals surface area contributed by atoms with Gasteiger partial charge in [0.05, 0.1) is 12.2 Å². The van der Waals surface area contributed by atoms with E-state index in [0.717, 1.165) is 51.8 Å². The van der Waals surface area contributed by atoms with E-state index in [1.54, 1.807) is 6.92 Å². The van der Waals surface area contributed by atoms with E-state index >= 15 is 0 Å². The molecule has 1 aromatic carbocycles. The number of benzene rings is 1. The van der Waals surface area contributed by atoms with Gasteiger partial charge in [0.2, 0.25) is 5.52 Å². The highest BCUT2D eigenvalue weighted by molar-refractivity contribution is 5.83. The number of aromatic nitrogens is 1. The summed E-state index contributed by atoms with van der Waals surface area (Å²) in [5.74, 6) is -0.160. The van der Waals surface area contributed by atoms with Gasteiger partial charge < -0.3 is 14.7 Å². The molecule has 1 aliphatic carbocycles. The van der Waals surface area contributed by atoms with Crippen LogP contribution in [0, 0.1) is 19.1 Å². The first kappa shape index (κ1) is 22.3. The summed E-state index contributed by atoms with van der Waals surface area (Å²) in [4.78, 5) is 12.7. The van der Waals surface area contributed by atoms with Crippen LogP contribution in [0.25, 0.3) is 10.9 Å². The maximum Gasteiger partial charge on any atom is 0.339 e. The van der Waals surface area contributed by atoms with Crippen molar-refractivity contribution in [1.82, 2.24) is 0 Å². The predicted molar refractivity (Wildman–Crippen MR) is 118 cm³/mol. The Morgan fingerprint density at radius 1 is 1.27 bits per heavy atom. The number of pyridine rings is 1. The number of fused-ring (bicyclic) bond motifs is 1. The van der Waals surface area contributed by atoms with E-state index in [4.69, 9.17) is 9.47 Å². The Hall–Kier alpha value is -2.40. The summed E-state index contributed by atoms with van der Waals surface area (Å²) in [6, 6.07) is 5.87. The molecule has 1 heterocycles. The molecule has 5 nitrogen and oxygen atoms in total. The van der Waals surface area contributed by atoms with Crippen molar-refractivity contribution in [3.8, 4) is 0 Å². The third-order valence-corrected chi connectivity index (χ3v) is 5.58. The molecule has 0 fully saturated rings. The highest BCUT2D eigenvalue weighted by atomic mass is 16.6. The molecule has 2 aromatic rings. The Bertz CT molecular complexity index is 971. The summed E-state index contributed by atoms with van der Waals surface area (Å²) in [6.45, 7) is 11.6. The summed E-state index contributed by atoms with van der Waals surface area (Å²) in [5, 5.41) is 13.9. The molecule has 2 atom stereocenters. The fourth-order valence-electron chi connectivity index (χ4n) is 4.13. The van der Waals surface area contributed by atoms with Crippen molar-refractivity contribution in [3.63, 3.8) is 0 Å². The molecule has 5 heteroatoms. The molecule has 2 unspecified atom stereocenters. The number of nitrogens with zero attached hydrogens (tertiary/aromatic N) is 1. The lowest BCUT2D eigenvalue weighted by Crippen LogP contribution is -2.33.